The fourth-order valence-electron chi connectivity index (χ4n) is 2.65. The zero-order chi connectivity index (χ0) is 10.3. The maximum absolute atomic E-state index is 5.18. The van der Waals surface area contributed by atoms with Gasteiger partial charge in [0.1, 0.15) is 0 Å². The lowest BCUT2D eigenvalue weighted by molar-refractivity contribution is 0.499. The Morgan fingerprint density at radius 3 is 3.00 bits per heavy atom. The van der Waals surface area contributed by atoms with Crippen LogP contribution in [-0.2, 0) is 6.42 Å². The highest BCUT2D eigenvalue weighted by molar-refractivity contribution is 7.80. The van der Waals surface area contributed by atoms with Crippen LogP contribution in [0.2, 0.25) is 0 Å². The zero-order valence-electron chi connectivity index (χ0n) is 8.49. The first-order valence-corrected chi connectivity index (χ1v) is 5.90. The van der Waals surface area contributed by atoms with Gasteiger partial charge in [-0.15, -0.1) is 0 Å². The summed E-state index contributed by atoms with van der Waals surface area (Å²) >= 11 is 5.18. The number of thiocarbonyl (C=S) groups is 1. The molecule has 1 saturated heterocycles. The molecule has 1 aliphatic carbocycles. The van der Waals surface area contributed by atoms with E-state index in [1.807, 2.05) is 0 Å². The van der Waals surface area contributed by atoms with E-state index in [4.69, 9.17) is 12.2 Å². The van der Waals surface area contributed by atoms with Gasteiger partial charge in [0.25, 0.3) is 0 Å². The Morgan fingerprint density at radius 1 is 1.20 bits per heavy atom. The first-order chi connectivity index (χ1) is 7.34. The van der Waals surface area contributed by atoms with Gasteiger partial charge in [-0.1, -0.05) is 24.3 Å². The van der Waals surface area contributed by atoms with Gasteiger partial charge in [0.05, 0.1) is 12.1 Å². The number of hydrogen-bond donors (Lipinski definition) is 2. The molecule has 1 aliphatic heterocycles. The largest absolute Gasteiger partial charge is 0.358 e. The molecule has 1 aromatic carbocycles. The van der Waals surface area contributed by atoms with Crippen LogP contribution in [0.25, 0.3) is 0 Å². The molecule has 0 spiro atoms. The normalized spacial score (nSPS) is 28.4. The average Bonchev–Trinajstić information content (AvgIpc) is 2.52. The van der Waals surface area contributed by atoms with Crippen LogP contribution in [0, 0.1) is 0 Å². The molecular weight excluding hydrogens is 204 g/mol. The van der Waals surface area contributed by atoms with Crippen LogP contribution >= 0.6 is 12.2 Å². The predicted molar refractivity (Wildman–Crippen MR) is 64.8 cm³/mol. The fraction of sp³-hybridized carbons (Fsp3) is 0.417. The predicted octanol–water partition coefficient (Wildman–Crippen LogP) is 1.91. The van der Waals surface area contributed by atoms with Gasteiger partial charge in [-0.05, 0) is 42.6 Å². The molecule has 78 valence electrons. The Balaban J connectivity index is 2.04. The highest BCUT2D eigenvalue weighted by Crippen LogP contribution is 2.31. The first kappa shape index (κ1) is 9.16. The second-order valence-corrected chi connectivity index (χ2v) is 4.70. The molecule has 0 saturated carbocycles. The monoisotopic (exact) mass is 218 g/mol. The van der Waals surface area contributed by atoms with Crippen molar-refractivity contribution in [2.24, 2.45) is 0 Å². The minimum absolute atomic E-state index is 0.385. The van der Waals surface area contributed by atoms with E-state index < -0.39 is 0 Å². The van der Waals surface area contributed by atoms with Crippen LogP contribution in [-0.4, -0.2) is 11.2 Å². The minimum atomic E-state index is 0.385. The molecule has 15 heavy (non-hydrogen) atoms. The molecule has 0 amide bonds. The van der Waals surface area contributed by atoms with E-state index in [2.05, 4.69) is 34.9 Å². The van der Waals surface area contributed by atoms with Crippen LogP contribution in [0.15, 0.2) is 24.3 Å². The molecule has 2 N–H and O–H groups in total. The average molecular weight is 218 g/mol. The van der Waals surface area contributed by atoms with Gasteiger partial charge in [0.15, 0.2) is 5.11 Å². The van der Waals surface area contributed by atoms with E-state index in [-0.39, 0.29) is 0 Å². The summed E-state index contributed by atoms with van der Waals surface area (Å²) in [5, 5.41) is 7.54. The summed E-state index contributed by atoms with van der Waals surface area (Å²) in [6.07, 6.45) is 3.64. The van der Waals surface area contributed by atoms with E-state index in [0.717, 1.165) is 5.11 Å². The number of fused-ring (bicyclic) bond motifs is 3. The van der Waals surface area contributed by atoms with Crippen LogP contribution < -0.4 is 10.6 Å². The number of nitrogens with one attached hydrogen (secondary N) is 2. The lowest BCUT2D eigenvalue weighted by atomic mass is 9.98. The maximum Gasteiger partial charge on any atom is 0.167 e. The zero-order valence-corrected chi connectivity index (χ0v) is 9.31. The number of rotatable bonds is 0. The summed E-state index contributed by atoms with van der Waals surface area (Å²) in [6, 6.07) is 9.57. The third kappa shape index (κ3) is 1.51. The summed E-state index contributed by atoms with van der Waals surface area (Å²) in [5.74, 6) is 0. The standard InChI is InChI=1S/C12H14N2S/c15-12-13-10-7-3-5-8-4-1-2-6-9(8)11(10)14-12/h1-2,4,6,10-11H,3,5,7H2,(H2,13,14,15). The Morgan fingerprint density at radius 2 is 2.07 bits per heavy atom. The lowest BCUT2D eigenvalue weighted by Crippen LogP contribution is -2.26. The molecule has 3 rings (SSSR count). The summed E-state index contributed by atoms with van der Waals surface area (Å²) in [5.41, 5.74) is 2.90. The van der Waals surface area contributed by atoms with E-state index in [9.17, 15) is 0 Å². The Labute approximate surface area is 95.1 Å². The molecular formula is C12H14N2S. The van der Waals surface area contributed by atoms with Gasteiger partial charge in [-0.25, -0.2) is 0 Å². The highest BCUT2D eigenvalue weighted by atomic mass is 32.1. The number of hydrogen-bond acceptors (Lipinski definition) is 1. The van der Waals surface area contributed by atoms with Crippen molar-refractivity contribution in [3.63, 3.8) is 0 Å². The Hall–Kier alpha value is -1.09. The minimum Gasteiger partial charge on any atom is -0.358 e. The van der Waals surface area contributed by atoms with Gasteiger partial charge < -0.3 is 10.6 Å². The molecule has 1 fully saturated rings. The van der Waals surface area contributed by atoms with E-state index >= 15 is 0 Å². The Bertz CT molecular complexity index is 402. The molecule has 0 radical (unpaired) electrons. The summed E-state index contributed by atoms with van der Waals surface area (Å²) in [4.78, 5) is 0. The van der Waals surface area contributed by atoms with Crippen LogP contribution in [0.5, 0.6) is 0 Å². The summed E-state index contributed by atoms with van der Waals surface area (Å²) < 4.78 is 0. The maximum atomic E-state index is 5.18. The number of benzene rings is 1. The van der Waals surface area contributed by atoms with Gasteiger partial charge in [0, 0.05) is 0 Å². The van der Waals surface area contributed by atoms with Crippen molar-refractivity contribution >= 4 is 17.3 Å². The second kappa shape index (κ2) is 3.49. The van der Waals surface area contributed by atoms with E-state index in [0.29, 0.717) is 12.1 Å². The molecule has 1 heterocycles. The smallest absolute Gasteiger partial charge is 0.167 e. The molecule has 2 aliphatic rings. The molecule has 0 aromatic heterocycles. The van der Waals surface area contributed by atoms with Gasteiger partial charge in [0.2, 0.25) is 0 Å². The molecule has 2 atom stereocenters. The fourth-order valence-corrected chi connectivity index (χ4v) is 2.92. The quantitative estimate of drug-likeness (QED) is 0.650. The van der Waals surface area contributed by atoms with Gasteiger partial charge in [-0.3, -0.25) is 0 Å². The van der Waals surface area contributed by atoms with Crippen LogP contribution in [0.1, 0.15) is 30.0 Å². The second-order valence-electron chi connectivity index (χ2n) is 4.29. The lowest BCUT2D eigenvalue weighted by Gasteiger charge is -2.17. The van der Waals surface area contributed by atoms with Crippen LogP contribution in [0.3, 0.4) is 0 Å². The van der Waals surface area contributed by atoms with Crippen molar-refractivity contribution in [2.75, 3.05) is 0 Å². The topological polar surface area (TPSA) is 24.1 Å². The molecule has 2 unspecified atom stereocenters. The highest BCUT2D eigenvalue weighted by Gasteiger charge is 2.33. The van der Waals surface area contributed by atoms with E-state index in [1.165, 1.54) is 30.4 Å². The summed E-state index contributed by atoms with van der Waals surface area (Å²) in [6.45, 7) is 0. The molecule has 2 nitrogen and oxygen atoms in total. The summed E-state index contributed by atoms with van der Waals surface area (Å²) in [7, 11) is 0. The van der Waals surface area contributed by atoms with Crippen molar-refractivity contribution in [3.8, 4) is 0 Å². The Kier molecular flexibility index (Phi) is 2.13. The SMILES string of the molecule is S=C1NC2CCCc3ccccc3C2N1. The van der Waals surface area contributed by atoms with Crippen LogP contribution in [0.4, 0.5) is 0 Å². The molecule has 1 aromatic rings. The van der Waals surface area contributed by atoms with E-state index in [1.54, 1.807) is 0 Å². The van der Waals surface area contributed by atoms with Crippen molar-refractivity contribution in [1.82, 2.24) is 10.6 Å². The molecule has 3 heteroatoms. The first-order valence-electron chi connectivity index (χ1n) is 5.49. The van der Waals surface area contributed by atoms with Crippen molar-refractivity contribution in [3.05, 3.63) is 35.4 Å². The van der Waals surface area contributed by atoms with Gasteiger partial charge in [-0.2, -0.15) is 0 Å². The van der Waals surface area contributed by atoms with Crippen molar-refractivity contribution in [1.29, 1.82) is 0 Å². The van der Waals surface area contributed by atoms with Crippen molar-refractivity contribution in [2.45, 2.75) is 31.3 Å². The van der Waals surface area contributed by atoms with Crippen molar-refractivity contribution < 1.29 is 0 Å². The molecule has 0 bridgehead atoms. The third-order valence-corrected chi connectivity index (χ3v) is 3.59. The van der Waals surface area contributed by atoms with Gasteiger partial charge >= 0.3 is 0 Å². The third-order valence-electron chi connectivity index (χ3n) is 3.36. The number of aryl methyl sites for hydroxylation is 1.